The van der Waals surface area contributed by atoms with Gasteiger partial charge in [0.15, 0.2) is 5.82 Å². The maximum atomic E-state index is 14.6. The van der Waals surface area contributed by atoms with Crippen LogP contribution in [0.3, 0.4) is 0 Å². The van der Waals surface area contributed by atoms with Gasteiger partial charge in [0.2, 0.25) is 10.0 Å². The zero-order valence-corrected chi connectivity index (χ0v) is 25.4. The Hall–Kier alpha value is -5.30. The van der Waals surface area contributed by atoms with Gasteiger partial charge in [-0.3, -0.25) is 15.1 Å². The second-order valence-corrected chi connectivity index (χ2v) is 12.8. The van der Waals surface area contributed by atoms with Gasteiger partial charge in [0, 0.05) is 42.0 Å². The van der Waals surface area contributed by atoms with E-state index in [0.717, 1.165) is 39.8 Å². The maximum absolute atomic E-state index is 14.6. The summed E-state index contributed by atoms with van der Waals surface area (Å²) in [5.74, 6) is -0.214. The molecule has 0 atom stereocenters. The highest BCUT2D eigenvalue weighted by molar-refractivity contribution is 7.89. The molecule has 12 heteroatoms. The van der Waals surface area contributed by atoms with E-state index < -0.39 is 15.8 Å². The third kappa shape index (κ3) is 6.40. The van der Waals surface area contributed by atoms with E-state index in [0.29, 0.717) is 40.3 Å². The van der Waals surface area contributed by atoms with Crippen LogP contribution < -0.4 is 10.5 Å². The number of hydrogen-bond donors (Lipinski definition) is 4. The average molecular weight is 633 g/mol. The Morgan fingerprint density at radius 2 is 1.65 bits per heavy atom. The van der Waals surface area contributed by atoms with Gasteiger partial charge in [0.25, 0.3) is 0 Å². The van der Waals surface area contributed by atoms with Gasteiger partial charge in [-0.15, -0.1) is 0 Å². The van der Waals surface area contributed by atoms with Crippen LogP contribution in [0.25, 0.3) is 55.8 Å². The van der Waals surface area contributed by atoms with Gasteiger partial charge in [-0.25, -0.2) is 22.9 Å². The third-order valence-electron chi connectivity index (χ3n) is 7.72. The summed E-state index contributed by atoms with van der Waals surface area (Å²) in [6, 6.07) is 24.4. The largest absolute Gasteiger partial charge is 0.337 e. The number of pyridine rings is 2. The minimum absolute atomic E-state index is 0.101. The van der Waals surface area contributed by atoms with E-state index in [1.54, 1.807) is 18.5 Å². The molecular formula is C34H29FN8O2S. The van der Waals surface area contributed by atoms with E-state index in [-0.39, 0.29) is 12.2 Å². The highest BCUT2D eigenvalue weighted by atomic mass is 32.2. The molecule has 3 aromatic carbocycles. The smallest absolute Gasteiger partial charge is 0.209 e. The Morgan fingerprint density at radius 3 is 2.50 bits per heavy atom. The molecule has 0 fully saturated rings. The van der Waals surface area contributed by atoms with E-state index in [9.17, 15) is 12.8 Å². The molecular weight excluding hydrogens is 603 g/mol. The highest BCUT2D eigenvalue weighted by Crippen LogP contribution is 2.33. The first kappa shape index (κ1) is 29.4. The molecule has 4 aromatic heterocycles. The van der Waals surface area contributed by atoms with Crippen LogP contribution >= 0.6 is 0 Å². The molecule has 5 N–H and O–H groups in total. The van der Waals surface area contributed by atoms with Gasteiger partial charge in [-0.2, -0.15) is 5.10 Å². The first-order valence-corrected chi connectivity index (χ1v) is 16.3. The number of rotatable bonds is 10. The number of aromatic amines is 2. The van der Waals surface area contributed by atoms with Crippen LogP contribution in [0.4, 0.5) is 4.39 Å². The van der Waals surface area contributed by atoms with E-state index >= 15 is 0 Å². The van der Waals surface area contributed by atoms with E-state index in [2.05, 4.69) is 48.7 Å². The van der Waals surface area contributed by atoms with Crippen LogP contribution in [0.5, 0.6) is 0 Å². The van der Waals surface area contributed by atoms with Crippen molar-refractivity contribution in [1.82, 2.24) is 35.5 Å². The van der Waals surface area contributed by atoms with E-state index in [1.807, 2.05) is 48.7 Å². The molecule has 7 rings (SSSR count). The molecule has 0 saturated heterocycles. The van der Waals surface area contributed by atoms with Gasteiger partial charge in [0.1, 0.15) is 11.5 Å². The zero-order chi connectivity index (χ0) is 31.7. The fourth-order valence-corrected chi connectivity index (χ4v) is 6.03. The summed E-state index contributed by atoms with van der Waals surface area (Å²) >= 11 is 0. The van der Waals surface area contributed by atoms with Crippen LogP contribution in [0.15, 0.2) is 97.5 Å². The molecule has 0 aliphatic carbocycles. The lowest BCUT2D eigenvalue weighted by molar-refractivity contribution is 0.596. The van der Waals surface area contributed by atoms with Crippen molar-refractivity contribution in [2.45, 2.75) is 19.5 Å². The molecule has 0 amide bonds. The summed E-state index contributed by atoms with van der Waals surface area (Å²) in [5, 5.41) is 17.0. The number of fused-ring (bicyclic) bond motifs is 2. The number of H-pyrrole nitrogens is 2. The molecule has 10 nitrogen and oxygen atoms in total. The first-order valence-electron chi connectivity index (χ1n) is 14.6. The van der Waals surface area contributed by atoms with Crippen LogP contribution in [0.2, 0.25) is 0 Å². The van der Waals surface area contributed by atoms with Crippen molar-refractivity contribution in [3.05, 3.63) is 120 Å². The highest BCUT2D eigenvalue weighted by Gasteiger charge is 2.17. The van der Waals surface area contributed by atoms with E-state index in [1.165, 1.54) is 17.7 Å². The fraction of sp³-hybridized carbons (Fsp3) is 0.118. The zero-order valence-electron chi connectivity index (χ0n) is 24.5. The van der Waals surface area contributed by atoms with Gasteiger partial charge in [0.05, 0.1) is 34.2 Å². The maximum Gasteiger partial charge on any atom is 0.209 e. The number of para-hydroxylation sites is 1. The number of nitrogens with two attached hydrogens (primary N) is 1. The number of nitrogens with one attached hydrogen (secondary N) is 3. The first-order chi connectivity index (χ1) is 22.3. The summed E-state index contributed by atoms with van der Waals surface area (Å²) in [7, 11) is -3.68. The van der Waals surface area contributed by atoms with Crippen LogP contribution in [-0.2, 0) is 29.5 Å². The molecule has 0 spiro atoms. The van der Waals surface area contributed by atoms with Crippen molar-refractivity contribution in [3.63, 3.8) is 0 Å². The lowest BCUT2D eigenvalue weighted by atomic mass is 10.0. The molecule has 7 aromatic rings. The summed E-state index contributed by atoms with van der Waals surface area (Å²) in [6.45, 7) is 1.42. The lowest BCUT2D eigenvalue weighted by Gasteiger charge is -2.07. The standard InChI is InChI=1S/C34H29FN8O2S/c35-26-13-22(9-10-46(36,44)45)11-24(14-26)27-7-4-8-29-32(27)41-34(40-29)33-28-15-30(39-20-31(28)42-43-33)25-12-23(18-38-19-25)17-37-16-21-5-2-1-3-6-21/h1-8,11-15,18-20,37H,9-10,16-17H2,(H,40,41)(H,42,43)(H2,36,44,45). The van der Waals surface area contributed by atoms with Gasteiger partial charge < -0.3 is 10.3 Å². The number of primary sulfonamides is 1. The molecule has 0 aliphatic rings. The summed E-state index contributed by atoms with van der Waals surface area (Å²) in [6.07, 6.45) is 5.48. The summed E-state index contributed by atoms with van der Waals surface area (Å²) in [5.41, 5.74) is 8.42. The second-order valence-electron chi connectivity index (χ2n) is 11.1. The SMILES string of the molecule is NS(=O)(=O)CCc1cc(F)cc(-c2cccc3[nH]c(-c4n[nH]c5cnc(-c6cncc(CNCc7ccccc7)c6)cc45)nc23)c1. The number of aryl methyl sites for hydroxylation is 1. The van der Waals surface area contributed by atoms with Crippen molar-refractivity contribution in [1.29, 1.82) is 0 Å². The van der Waals surface area contributed by atoms with Crippen LogP contribution in [0, 0.1) is 5.82 Å². The Labute approximate surface area is 264 Å². The van der Waals surface area contributed by atoms with E-state index in [4.69, 9.17) is 10.1 Å². The number of sulfonamides is 1. The van der Waals surface area contributed by atoms with Gasteiger partial charge in [-0.05, 0) is 59.0 Å². The molecule has 0 saturated carbocycles. The van der Waals surface area contributed by atoms with Crippen molar-refractivity contribution < 1.29 is 12.8 Å². The van der Waals surface area contributed by atoms with Crippen molar-refractivity contribution in [2.75, 3.05) is 5.75 Å². The van der Waals surface area contributed by atoms with Gasteiger partial charge >= 0.3 is 0 Å². The third-order valence-corrected chi connectivity index (χ3v) is 8.49. The van der Waals surface area contributed by atoms with Gasteiger partial charge in [-0.1, -0.05) is 48.5 Å². The number of nitrogens with zero attached hydrogens (tertiary/aromatic N) is 4. The molecule has 0 bridgehead atoms. The Kier molecular flexibility index (Phi) is 7.83. The Bertz CT molecular complexity index is 2300. The quantitative estimate of drug-likeness (QED) is 0.155. The molecule has 4 heterocycles. The Balaban J connectivity index is 1.19. The average Bonchev–Trinajstić information content (AvgIpc) is 3.68. The molecule has 0 unspecified atom stereocenters. The number of imidazole rings is 1. The lowest BCUT2D eigenvalue weighted by Crippen LogP contribution is -2.18. The topological polar surface area (TPSA) is 155 Å². The monoisotopic (exact) mass is 632 g/mol. The number of halogens is 1. The molecule has 0 radical (unpaired) electrons. The minimum atomic E-state index is -3.68. The predicted molar refractivity (Wildman–Crippen MR) is 176 cm³/mol. The minimum Gasteiger partial charge on any atom is -0.337 e. The number of aromatic nitrogens is 6. The Morgan fingerprint density at radius 1 is 0.826 bits per heavy atom. The summed E-state index contributed by atoms with van der Waals surface area (Å²) < 4.78 is 37.6. The molecule has 0 aliphatic heterocycles. The van der Waals surface area contributed by atoms with Crippen LogP contribution in [0.1, 0.15) is 16.7 Å². The second kappa shape index (κ2) is 12.2. The molecule has 230 valence electrons. The predicted octanol–water partition coefficient (Wildman–Crippen LogP) is 5.49. The normalized spacial score (nSPS) is 11.9. The van der Waals surface area contributed by atoms with Crippen LogP contribution in [-0.4, -0.2) is 44.3 Å². The summed E-state index contributed by atoms with van der Waals surface area (Å²) in [4.78, 5) is 17.3. The fourth-order valence-electron chi connectivity index (χ4n) is 5.51. The molecule has 46 heavy (non-hydrogen) atoms. The number of hydrogen-bond acceptors (Lipinski definition) is 7. The number of benzene rings is 3. The van der Waals surface area contributed by atoms with Crippen molar-refractivity contribution in [2.24, 2.45) is 5.14 Å². The van der Waals surface area contributed by atoms with Crippen molar-refractivity contribution in [3.8, 4) is 33.9 Å². The van der Waals surface area contributed by atoms with Crippen molar-refractivity contribution >= 4 is 32.0 Å².